The molecule has 0 aliphatic rings. The molecule has 6 nitrogen and oxygen atoms in total. The SMILES string of the molecule is CCCNc1nccc(Nc2ccccc2C(=O)OCC)n1. The van der Waals surface area contributed by atoms with E-state index in [-0.39, 0.29) is 5.97 Å². The number of hydrogen-bond donors (Lipinski definition) is 2. The zero-order valence-electron chi connectivity index (χ0n) is 12.8. The average molecular weight is 300 g/mol. The summed E-state index contributed by atoms with van der Waals surface area (Å²) < 4.78 is 5.06. The van der Waals surface area contributed by atoms with E-state index in [4.69, 9.17) is 4.74 Å². The Morgan fingerprint density at radius 1 is 1.23 bits per heavy atom. The van der Waals surface area contributed by atoms with Gasteiger partial charge in [-0.15, -0.1) is 0 Å². The second kappa shape index (κ2) is 7.97. The van der Waals surface area contributed by atoms with Crippen molar-refractivity contribution in [1.29, 1.82) is 0 Å². The van der Waals surface area contributed by atoms with Gasteiger partial charge in [0.1, 0.15) is 5.82 Å². The van der Waals surface area contributed by atoms with Crippen LogP contribution >= 0.6 is 0 Å². The minimum absolute atomic E-state index is 0.339. The third-order valence-corrected chi connectivity index (χ3v) is 2.87. The van der Waals surface area contributed by atoms with Crippen LogP contribution in [-0.4, -0.2) is 29.1 Å². The van der Waals surface area contributed by atoms with E-state index in [1.165, 1.54) is 0 Å². The lowest BCUT2D eigenvalue weighted by molar-refractivity contribution is 0.0527. The molecule has 0 radical (unpaired) electrons. The summed E-state index contributed by atoms with van der Waals surface area (Å²) in [6, 6.07) is 8.93. The first-order valence-electron chi connectivity index (χ1n) is 7.34. The molecule has 116 valence electrons. The fourth-order valence-corrected chi connectivity index (χ4v) is 1.87. The molecule has 2 N–H and O–H groups in total. The number of carbonyl (C=O) groups is 1. The van der Waals surface area contributed by atoms with Crippen molar-refractivity contribution in [3.8, 4) is 0 Å². The highest BCUT2D eigenvalue weighted by atomic mass is 16.5. The summed E-state index contributed by atoms with van der Waals surface area (Å²) in [4.78, 5) is 20.5. The Morgan fingerprint density at radius 3 is 2.82 bits per heavy atom. The van der Waals surface area contributed by atoms with E-state index in [1.54, 1.807) is 31.3 Å². The number of rotatable bonds is 7. The van der Waals surface area contributed by atoms with Crippen molar-refractivity contribution in [1.82, 2.24) is 9.97 Å². The van der Waals surface area contributed by atoms with Gasteiger partial charge in [-0.05, 0) is 31.5 Å². The van der Waals surface area contributed by atoms with Crippen LogP contribution in [0.5, 0.6) is 0 Å². The first-order chi connectivity index (χ1) is 10.7. The fourth-order valence-electron chi connectivity index (χ4n) is 1.87. The predicted octanol–water partition coefficient (Wildman–Crippen LogP) is 3.22. The Balaban J connectivity index is 2.18. The Bertz CT molecular complexity index is 631. The number of carbonyl (C=O) groups excluding carboxylic acids is 1. The van der Waals surface area contributed by atoms with Gasteiger partial charge in [-0.3, -0.25) is 0 Å². The second-order valence-corrected chi connectivity index (χ2v) is 4.58. The first kappa shape index (κ1) is 15.8. The number of para-hydroxylation sites is 1. The molecular formula is C16H20N4O2. The highest BCUT2D eigenvalue weighted by Crippen LogP contribution is 2.20. The Kier molecular flexibility index (Phi) is 5.71. The number of benzene rings is 1. The maximum absolute atomic E-state index is 12.0. The summed E-state index contributed by atoms with van der Waals surface area (Å²) in [6.45, 7) is 5.00. The third-order valence-electron chi connectivity index (χ3n) is 2.87. The molecule has 0 aliphatic heterocycles. The van der Waals surface area contributed by atoms with Crippen molar-refractivity contribution >= 4 is 23.4 Å². The lowest BCUT2D eigenvalue weighted by atomic mass is 10.2. The van der Waals surface area contributed by atoms with Gasteiger partial charge < -0.3 is 15.4 Å². The molecule has 0 bridgehead atoms. The number of ether oxygens (including phenoxy) is 1. The minimum atomic E-state index is -0.357. The number of hydrogen-bond acceptors (Lipinski definition) is 6. The molecule has 1 aromatic heterocycles. The van der Waals surface area contributed by atoms with Crippen molar-refractivity contribution in [3.05, 3.63) is 42.1 Å². The van der Waals surface area contributed by atoms with E-state index in [0.29, 0.717) is 29.6 Å². The molecule has 0 saturated carbocycles. The molecule has 0 unspecified atom stereocenters. The smallest absolute Gasteiger partial charge is 0.340 e. The minimum Gasteiger partial charge on any atom is -0.462 e. The highest BCUT2D eigenvalue weighted by molar-refractivity contribution is 5.96. The van der Waals surface area contributed by atoms with E-state index in [0.717, 1.165) is 13.0 Å². The standard InChI is InChI=1S/C16H20N4O2/c1-3-10-17-16-18-11-9-14(20-16)19-13-8-6-5-7-12(13)15(21)22-4-2/h5-9,11H,3-4,10H2,1-2H3,(H2,17,18,19,20). The number of nitrogens with one attached hydrogen (secondary N) is 2. The highest BCUT2D eigenvalue weighted by Gasteiger charge is 2.12. The molecule has 22 heavy (non-hydrogen) atoms. The van der Waals surface area contributed by atoms with Crippen LogP contribution in [0.25, 0.3) is 0 Å². The Labute approximate surface area is 129 Å². The zero-order chi connectivity index (χ0) is 15.8. The normalized spacial score (nSPS) is 10.1. The number of aromatic nitrogens is 2. The summed E-state index contributed by atoms with van der Waals surface area (Å²) in [6.07, 6.45) is 2.66. The molecule has 0 fully saturated rings. The van der Waals surface area contributed by atoms with Gasteiger partial charge in [-0.2, -0.15) is 4.98 Å². The van der Waals surface area contributed by atoms with Crippen molar-refractivity contribution in [2.24, 2.45) is 0 Å². The topological polar surface area (TPSA) is 76.1 Å². The summed E-state index contributed by atoms with van der Waals surface area (Å²) in [5.74, 6) is 0.815. The van der Waals surface area contributed by atoms with Gasteiger partial charge in [0.2, 0.25) is 5.95 Å². The van der Waals surface area contributed by atoms with Crippen LogP contribution in [0.4, 0.5) is 17.5 Å². The van der Waals surface area contributed by atoms with Gasteiger partial charge in [-0.1, -0.05) is 19.1 Å². The van der Waals surface area contributed by atoms with Gasteiger partial charge in [0.25, 0.3) is 0 Å². The summed E-state index contributed by atoms with van der Waals surface area (Å²) >= 11 is 0. The van der Waals surface area contributed by atoms with Crippen molar-refractivity contribution in [2.75, 3.05) is 23.8 Å². The maximum atomic E-state index is 12.0. The molecular weight excluding hydrogens is 280 g/mol. The van der Waals surface area contributed by atoms with Crippen molar-refractivity contribution < 1.29 is 9.53 Å². The van der Waals surface area contributed by atoms with Crippen LogP contribution in [0.3, 0.4) is 0 Å². The monoisotopic (exact) mass is 300 g/mol. The van der Waals surface area contributed by atoms with Gasteiger partial charge in [-0.25, -0.2) is 9.78 Å². The Morgan fingerprint density at radius 2 is 2.05 bits per heavy atom. The van der Waals surface area contributed by atoms with E-state index in [1.807, 2.05) is 12.1 Å². The largest absolute Gasteiger partial charge is 0.462 e. The van der Waals surface area contributed by atoms with Crippen molar-refractivity contribution in [3.63, 3.8) is 0 Å². The van der Waals surface area contributed by atoms with E-state index in [2.05, 4.69) is 27.5 Å². The third kappa shape index (κ3) is 4.18. The van der Waals surface area contributed by atoms with Crippen molar-refractivity contribution in [2.45, 2.75) is 20.3 Å². The molecule has 0 spiro atoms. The number of anilines is 3. The van der Waals surface area contributed by atoms with Crippen LogP contribution in [0.15, 0.2) is 36.5 Å². The Hall–Kier alpha value is -2.63. The molecule has 0 aliphatic carbocycles. The molecule has 1 aromatic carbocycles. The predicted molar refractivity (Wildman–Crippen MR) is 86.5 cm³/mol. The summed E-state index contributed by atoms with van der Waals surface area (Å²) in [5.41, 5.74) is 1.13. The molecule has 0 atom stereocenters. The van der Waals surface area contributed by atoms with Gasteiger partial charge in [0.15, 0.2) is 0 Å². The van der Waals surface area contributed by atoms with Crippen LogP contribution < -0.4 is 10.6 Å². The zero-order valence-corrected chi connectivity index (χ0v) is 12.8. The van der Waals surface area contributed by atoms with Crippen LogP contribution in [0.2, 0.25) is 0 Å². The molecule has 2 rings (SSSR count). The van der Waals surface area contributed by atoms with Crippen LogP contribution in [-0.2, 0) is 4.74 Å². The fraction of sp³-hybridized carbons (Fsp3) is 0.312. The van der Waals surface area contributed by atoms with Gasteiger partial charge in [0, 0.05) is 12.7 Å². The lowest BCUT2D eigenvalue weighted by Crippen LogP contribution is -2.09. The second-order valence-electron chi connectivity index (χ2n) is 4.58. The molecule has 2 aromatic rings. The van der Waals surface area contributed by atoms with Crippen LogP contribution in [0.1, 0.15) is 30.6 Å². The quantitative estimate of drug-likeness (QED) is 0.765. The maximum Gasteiger partial charge on any atom is 0.340 e. The van der Waals surface area contributed by atoms with Gasteiger partial charge >= 0.3 is 5.97 Å². The molecule has 6 heteroatoms. The molecule has 0 saturated heterocycles. The summed E-state index contributed by atoms with van der Waals surface area (Å²) in [5, 5.41) is 6.26. The summed E-state index contributed by atoms with van der Waals surface area (Å²) in [7, 11) is 0. The number of nitrogens with zero attached hydrogens (tertiary/aromatic N) is 2. The van der Waals surface area contributed by atoms with Crippen LogP contribution in [0, 0.1) is 0 Å². The molecule has 1 heterocycles. The van der Waals surface area contributed by atoms with E-state index >= 15 is 0 Å². The van der Waals surface area contributed by atoms with E-state index in [9.17, 15) is 4.79 Å². The first-order valence-corrected chi connectivity index (χ1v) is 7.34. The number of esters is 1. The van der Waals surface area contributed by atoms with Gasteiger partial charge in [0.05, 0.1) is 17.9 Å². The molecule has 0 amide bonds. The average Bonchev–Trinajstić information content (AvgIpc) is 2.54. The van der Waals surface area contributed by atoms with E-state index < -0.39 is 0 Å². The lowest BCUT2D eigenvalue weighted by Gasteiger charge is -2.11.